The molecule has 3 heteroatoms. The molecule has 1 unspecified atom stereocenters. The summed E-state index contributed by atoms with van der Waals surface area (Å²) in [5.41, 5.74) is 1.30. The molecule has 2 nitrogen and oxygen atoms in total. The fourth-order valence-corrected chi connectivity index (χ4v) is 2.39. The lowest BCUT2D eigenvalue weighted by atomic mass is 9.98. The molecular weight excluding hydrogens is 290 g/mol. The molecule has 0 fully saturated rings. The predicted octanol–water partition coefficient (Wildman–Crippen LogP) is 4.02. The van der Waals surface area contributed by atoms with Gasteiger partial charge >= 0.3 is 0 Å². The molecule has 0 radical (unpaired) electrons. The maximum absolute atomic E-state index is 5.28. The molecule has 0 saturated carbocycles. The zero-order valence-electron chi connectivity index (χ0n) is 11.8. The van der Waals surface area contributed by atoms with E-state index in [1.807, 2.05) is 13.1 Å². The molecule has 0 aliphatic carbocycles. The van der Waals surface area contributed by atoms with E-state index in [2.05, 4.69) is 47.2 Å². The van der Waals surface area contributed by atoms with Crippen LogP contribution in [0.4, 0.5) is 0 Å². The van der Waals surface area contributed by atoms with Crippen molar-refractivity contribution >= 4 is 15.9 Å². The summed E-state index contributed by atoms with van der Waals surface area (Å²) in [4.78, 5) is 0. The van der Waals surface area contributed by atoms with Crippen molar-refractivity contribution in [1.82, 2.24) is 5.32 Å². The Hall–Kier alpha value is -0.540. The largest absolute Gasteiger partial charge is 0.497 e. The van der Waals surface area contributed by atoms with E-state index in [0.29, 0.717) is 6.04 Å². The van der Waals surface area contributed by atoms with Gasteiger partial charge < -0.3 is 10.1 Å². The van der Waals surface area contributed by atoms with Crippen LogP contribution in [0.2, 0.25) is 0 Å². The molecule has 1 aromatic carbocycles. The standard InChI is InChI=1S/C15H24BrNO/c1-11(2)5-6-13(17-3)9-12-10-14(18-4)7-8-15(12)16/h7-8,10-11,13,17H,5-6,9H2,1-4H3. The van der Waals surface area contributed by atoms with Crippen LogP contribution >= 0.6 is 15.9 Å². The van der Waals surface area contributed by atoms with Crippen molar-refractivity contribution in [3.05, 3.63) is 28.2 Å². The summed E-state index contributed by atoms with van der Waals surface area (Å²) < 4.78 is 6.44. The van der Waals surface area contributed by atoms with Crippen LogP contribution in [0.5, 0.6) is 5.75 Å². The Morgan fingerprint density at radius 3 is 2.56 bits per heavy atom. The summed E-state index contributed by atoms with van der Waals surface area (Å²) in [5.74, 6) is 1.68. The average Bonchev–Trinajstić information content (AvgIpc) is 2.36. The molecule has 1 rings (SSSR count). The van der Waals surface area contributed by atoms with Crippen molar-refractivity contribution in [3.8, 4) is 5.75 Å². The Balaban J connectivity index is 2.68. The highest BCUT2D eigenvalue weighted by Gasteiger charge is 2.11. The molecule has 0 bridgehead atoms. The van der Waals surface area contributed by atoms with Crippen molar-refractivity contribution < 1.29 is 4.74 Å². The summed E-state index contributed by atoms with van der Waals surface area (Å²) in [5, 5.41) is 3.41. The number of hydrogen-bond acceptors (Lipinski definition) is 2. The molecule has 0 heterocycles. The first-order chi connectivity index (χ1) is 8.56. The van der Waals surface area contributed by atoms with Gasteiger partial charge in [0.25, 0.3) is 0 Å². The molecule has 0 spiro atoms. The molecule has 1 N–H and O–H groups in total. The summed E-state index contributed by atoms with van der Waals surface area (Å²) in [6.45, 7) is 4.54. The van der Waals surface area contributed by atoms with Crippen molar-refractivity contribution in [2.45, 2.75) is 39.2 Å². The fourth-order valence-electron chi connectivity index (χ4n) is 1.98. The van der Waals surface area contributed by atoms with Crippen molar-refractivity contribution in [2.24, 2.45) is 5.92 Å². The topological polar surface area (TPSA) is 21.3 Å². The van der Waals surface area contributed by atoms with E-state index in [-0.39, 0.29) is 0 Å². The lowest BCUT2D eigenvalue weighted by molar-refractivity contribution is 0.412. The monoisotopic (exact) mass is 313 g/mol. The number of hydrogen-bond donors (Lipinski definition) is 1. The highest BCUT2D eigenvalue weighted by molar-refractivity contribution is 9.10. The minimum Gasteiger partial charge on any atom is -0.497 e. The third-order valence-corrected chi connectivity index (χ3v) is 3.99. The Kier molecular flexibility index (Phi) is 6.72. The second kappa shape index (κ2) is 7.80. The van der Waals surface area contributed by atoms with E-state index < -0.39 is 0 Å². The van der Waals surface area contributed by atoms with Crippen molar-refractivity contribution in [2.75, 3.05) is 14.2 Å². The summed E-state index contributed by atoms with van der Waals surface area (Å²) in [6.07, 6.45) is 3.49. The van der Waals surface area contributed by atoms with Crippen LogP contribution in [0.25, 0.3) is 0 Å². The number of methoxy groups -OCH3 is 1. The smallest absolute Gasteiger partial charge is 0.119 e. The van der Waals surface area contributed by atoms with Gasteiger partial charge in [0.2, 0.25) is 0 Å². The number of nitrogens with one attached hydrogen (secondary N) is 1. The summed E-state index contributed by atoms with van der Waals surface area (Å²) >= 11 is 3.61. The summed E-state index contributed by atoms with van der Waals surface area (Å²) in [7, 11) is 3.75. The van der Waals surface area contributed by atoms with E-state index >= 15 is 0 Å². The number of likely N-dealkylation sites (N-methyl/N-ethyl adjacent to an activating group) is 1. The van der Waals surface area contributed by atoms with Gasteiger partial charge in [-0.05, 0) is 56.0 Å². The first-order valence-electron chi connectivity index (χ1n) is 6.56. The van der Waals surface area contributed by atoms with Gasteiger partial charge in [-0.2, -0.15) is 0 Å². The van der Waals surface area contributed by atoms with Crippen LogP contribution in [0, 0.1) is 5.92 Å². The minimum atomic E-state index is 0.524. The van der Waals surface area contributed by atoms with E-state index in [1.54, 1.807) is 7.11 Å². The third kappa shape index (κ3) is 4.99. The van der Waals surface area contributed by atoms with Crippen molar-refractivity contribution in [1.29, 1.82) is 0 Å². The van der Waals surface area contributed by atoms with Crippen LogP contribution in [-0.4, -0.2) is 20.2 Å². The van der Waals surface area contributed by atoms with Gasteiger partial charge in [-0.25, -0.2) is 0 Å². The molecule has 1 atom stereocenters. The van der Waals surface area contributed by atoms with Crippen LogP contribution in [-0.2, 0) is 6.42 Å². The number of ether oxygens (including phenoxy) is 1. The lowest BCUT2D eigenvalue weighted by Crippen LogP contribution is -2.28. The molecular formula is C15H24BrNO. The van der Waals surface area contributed by atoms with E-state index in [1.165, 1.54) is 18.4 Å². The number of benzene rings is 1. The molecule has 102 valence electrons. The van der Waals surface area contributed by atoms with Crippen LogP contribution in [0.1, 0.15) is 32.3 Å². The third-order valence-electron chi connectivity index (χ3n) is 3.22. The molecule has 0 aliphatic heterocycles. The van der Waals surface area contributed by atoms with Crippen molar-refractivity contribution in [3.63, 3.8) is 0 Å². The van der Waals surface area contributed by atoms with Gasteiger partial charge in [-0.1, -0.05) is 29.8 Å². The highest BCUT2D eigenvalue weighted by Crippen LogP contribution is 2.24. The van der Waals surface area contributed by atoms with Crippen LogP contribution in [0.15, 0.2) is 22.7 Å². The summed E-state index contributed by atoms with van der Waals surface area (Å²) in [6, 6.07) is 6.68. The van der Waals surface area contributed by atoms with E-state index in [9.17, 15) is 0 Å². The zero-order chi connectivity index (χ0) is 13.5. The Morgan fingerprint density at radius 2 is 2.00 bits per heavy atom. The lowest BCUT2D eigenvalue weighted by Gasteiger charge is -2.18. The second-order valence-corrected chi connectivity index (χ2v) is 5.97. The van der Waals surface area contributed by atoms with Crippen LogP contribution < -0.4 is 10.1 Å². The molecule has 1 aromatic rings. The molecule has 0 amide bonds. The predicted molar refractivity (Wildman–Crippen MR) is 81.3 cm³/mol. The first-order valence-corrected chi connectivity index (χ1v) is 7.35. The van der Waals surface area contributed by atoms with E-state index in [0.717, 1.165) is 22.6 Å². The normalized spacial score (nSPS) is 12.8. The van der Waals surface area contributed by atoms with Gasteiger partial charge in [-0.3, -0.25) is 0 Å². The molecule has 0 aliphatic rings. The number of rotatable bonds is 7. The zero-order valence-corrected chi connectivity index (χ0v) is 13.4. The maximum Gasteiger partial charge on any atom is 0.119 e. The maximum atomic E-state index is 5.28. The average molecular weight is 314 g/mol. The van der Waals surface area contributed by atoms with Gasteiger partial charge in [0.1, 0.15) is 5.75 Å². The molecule has 18 heavy (non-hydrogen) atoms. The first kappa shape index (κ1) is 15.5. The molecule has 0 saturated heterocycles. The SMILES string of the molecule is CNC(CCC(C)C)Cc1cc(OC)ccc1Br. The Bertz CT molecular complexity index is 366. The minimum absolute atomic E-state index is 0.524. The Morgan fingerprint density at radius 1 is 1.28 bits per heavy atom. The highest BCUT2D eigenvalue weighted by atomic mass is 79.9. The van der Waals surface area contributed by atoms with Crippen LogP contribution in [0.3, 0.4) is 0 Å². The fraction of sp³-hybridized carbons (Fsp3) is 0.600. The second-order valence-electron chi connectivity index (χ2n) is 5.12. The molecule has 0 aromatic heterocycles. The van der Waals surface area contributed by atoms with Gasteiger partial charge in [0.15, 0.2) is 0 Å². The van der Waals surface area contributed by atoms with Gasteiger partial charge in [0, 0.05) is 10.5 Å². The van der Waals surface area contributed by atoms with Gasteiger partial charge in [-0.15, -0.1) is 0 Å². The quantitative estimate of drug-likeness (QED) is 0.820. The van der Waals surface area contributed by atoms with E-state index in [4.69, 9.17) is 4.74 Å². The van der Waals surface area contributed by atoms with Gasteiger partial charge in [0.05, 0.1) is 7.11 Å². The number of halogens is 1. The Labute approximate surface area is 119 Å².